The number of likely N-dealkylation sites (tertiary alicyclic amines) is 1. The molecular formula is C16H30N2. The molecule has 0 spiro atoms. The van der Waals surface area contributed by atoms with Gasteiger partial charge in [0.05, 0.1) is 0 Å². The molecule has 2 saturated heterocycles. The van der Waals surface area contributed by atoms with Crippen molar-refractivity contribution >= 4 is 0 Å². The Hall–Kier alpha value is -0.340. The number of rotatable bonds is 2. The van der Waals surface area contributed by atoms with Crippen molar-refractivity contribution in [3.8, 4) is 0 Å². The Morgan fingerprint density at radius 2 is 1.94 bits per heavy atom. The highest BCUT2D eigenvalue weighted by Gasteiger charge is 2.27. The van der Waals surface area contributed by atoms with Gasteiger partial charge in [0.25, 0.3) is 0 Å². The molecule has 1 N–H and O–H groups in total. The first kappa shape index (κ1) is 14.1. The van der Waals surface area contributed by atoms with E-state index in [1.54, 1.807) is 11.1 Å². The lowest BCUT2D eigenvalue weighted by molar-refractivity contribution is 0.210. The quantitative estimate of drug-likeness (QED) is 0.758. The molecule has 104 valence electrons. The third kappa shape index (κ3) is 3.58. The van der Waals surface area contributed by atoms with Crippen LogP contribution in [0.15, 0.2) is 11.1 Å². The van der Waals surface area contributed by atoms with Crippen LogP contribution >= 0.6 is 0 Å². The van der Waals surface area contributed by atoms with E-state index in [0.717, 1.165) is 19.0 Å². The van der Waals surface area contributed by atoms with E-state index in [0.29, 0.717) is 5.41 Å². The SMILES string of the molecule is CC(CN1CCCC(C(C)(C)C)CC1)=C1CNC1. The van der Waals surface area contributed by atoms with Crippen molar-refractivity contribution < 1.29 is 0 Å². The molecule has 1 unspecified atom stereocenters. The maximum Gasteiger partial charge on any atom is 0.0193 e. The van der Waals surface area contributed by atoms with Crippen LogP contribution in [0.25, 0.3) is 0 Å². The summed E-state index contributed by atoms with van der Waals surface area (Å²) >= 11 is 0. The van der Waals surface area contributed by atoms with Gasteiger partial charge < -0.3 is 5.32 Å². The molecule has 2 aliphatic rings. The smallest absolute Gasteiger partial charge is 0.0193 e. The van der Waals surface area contributed by atoms with Gasteiger partial charge in [-0.2, -0.15) is 0 Å². The first-order valence-electron chi connectivity index (χ1n) is 7.57. The molecule has 0 aromatic carbocycles. The minimum absolute atomic E-state index is 0.488. The maximum absolute atomic E-state index is 3.34. The van der Waals surface area contributed by atoms with Gasteiger partial charge in [0, 0.05) is 19.6 Å². The zero-order valence-corrected chi connectivity index (χ0v) is 12.7. The van der Waals surface area contributed by atoms with Crippen LogP contribution < -0.4 is 5.32 Å². The first-order chi connectivity index (χ1) is 8.47. The van der Waals surface area contributed by atoms with E-state index in [1.807, 2.05) is 0 Å². The maximum atomic E-state index is 3.34. The highest BCUT2D eigenvalue weighted by molar-refractivity contribution is 5.22. The fourth-order valence-electron chi connectivity index (χ4n) is 3.18. The Bertz CT molecular complexity index is 306. The van der Waals surface area contributed by atoms with Crippen LogP contribution in [-0.4, -0.2) is 37.6 Å². The third-order valence-corrected chi connectivity index (χ3v) is 4.79. The summed E-state index contributed by atoms with van der Waals surface area (Å²) in [5.41, 5.74) is 3.75. The van der Waals surface area contributed by atoms with Crippen molar-refractivity contribution in [2.45, 2.75) is 47.0 Å². The van der Waals surface area contributed by atoms with Crippen molar-refractivity contribution in [3.63, 3.8) is 0 Å². The van der Waals surface area contributed by atoms with Crippen LogP contribution in [0.1, 0.15) is 47.0 Å². The molecule has 2 heteroatoms. The molecule has 2 nitrogen and oxygen atoms in total. The molecule has 0 aromatic rings. The number of nitrogens with one attached hydrogen (secondary N) is 1. The van der Waals surface area contributed by atoms with Gasteiger partial charge >= 0.3 is 0 Å². The summed E-state index contributed by atoms with van der Waals surface area (Å²) in [5.74, 6) is 0.904. The molecule has 18 heavy (non-hydrogen) atoms. The predicted molar refractivity (Wildman–Crippen MR) is 78.8 cm³/mol. The summed E-state index contributed by atoms with van der Waals surface area (Å²) in [6.07, 6.45) is 4.17. The zero-order valence-electron chi connectivity index (χ0n) is 12.7. The van der Waals surface area contributed by atoms with Gasteiger partial charge in [-0.15, -0.1) is 0 Å². The molecule has 0 saturated carbocycles. The molecule has 0 bridgehead atoms. The highest BCUT2D eigenvalue weighted by atomic mass is 15.1. The van der Waals surface area contributed by atoms with Gasteiger partial charge in [-0.3, -0.25) is 4.90 Å². The first-order valence-corrected chi connectivity index (χ1v) is 7.57. The Kier molecular flexibility index (Phi) is 4.50. The minimum atomic E-state index is 0.488. The fourth-order valence-corrected chi connectivity index (χ4v) is 3.18. The van der Waals surface area contributed by atoms with Gasteiger partial charge in [0.1, 0.15) is 0 Å². The average Bonchev–Trinajstić information content (AvgIpc) is 2.39. The van der Waals surface area contributed by atoms with Crippen LogP contribution in [0, 0.1) is 11.3 Å². The van der Waals surface area contributed by atoms with E-state index in [2.05, 4.69) is 37.9 Å². The fraction of sp³-hybridized carbons (Fsp3) is 0.875. The molecule has 0 aliphatic carbocycles. The number of hydrogen-bond donors (Lipinski definition) is 1. The molecule has 0 radical (unpaired) electrons. The number of nitrogens with zero attached hydrogens (tertiary/aromatic N) is 1. The second kappa shape index (κ2) is 5.75. The summed E-state index contributed by atoms with van der Waals surface area (Å²) in [6.45, 7) is 15.6. The summed E-state index contributed by atoms with van der Waals surface area (Å²) in [5, 5.41) is 3.34. The molecule has 2 fully saturated rings. The molecule has 2 rings (SSSR count). The molecular weight excluding hydrogens is 220 g/mol. The van der Waals surface area contributed by atoms with E-state index in [-0.39, 0.29) is 0 Å². The molecule has 2 heterocycles. The standard InChI is InChI=1S/C16H30N2/c1-13(14-10-17-11-14)12-18-8-5-6-15(7-9-18)16(2,3)4/h15,17H,5-12H2,1-4H3. The van der Waals surface area contributed by atoms with E-state index in [9.17, 15) is 0 Å². The Morgan fingerprint density at radius 1 is 1.22 bits per heavy atom. The highest BCUT2D eigenvalue weighted by Crippen LogP contribution is 2.34. The molecule has 1 atom stereocenters. The molecule has 0 aromatic heterocycles. The lowest BCUT2D eigenvalue weighted by Crippen LogP contribution is -2.37. The summed E-state index contributed by atoms with van der Waals surface area (Å²) < 4.78 is 0. The summed E-state index contributed by atoms with van der Waals surface area (Å²) in [7, 11) is 0. The largest absolute Gasteiger partial charge is 0.309 e. The van der Waals surface area contributed by atoms with Crippen LogP contribution in [0.2, 0.25) is 0 Å². The Morgan fingerprint density at radius 3 is 2.50 bits per heavy atom. The second-order valence-electron chi connectivity index (χ2n) is 7.26. The van der Waals surface area contributed by atoms with Crippen molar-refractivity contribution in [3.05, 3.63) is 11.1 Å². The topological polar surface area (TPSA) is 15.3 Å². The molecule has 0 amide bonds. The van der Waals surface area contributed by atoms with E-state index in [4.69, 9.17) is 0 Å². The van der Waals surface area contributed by atoms with Crippen LogP contribution in [0.5, 0.6) is 0 Å². The Labute approximate surface area is 113 Å². The van der Waals surface area contributed by atoms with E-state index in [1.165, 1.54) is 38.9 Å². The average molecular weight is 250 g/mol. The van der Waals surface area contributed by atoms with Gasteiger partial charge in [0.15, 0.2) is 0 Å². The third-order valence-electron chi connectivity index (χ3n) is 4.79. The predicted octanol–water partition coefficient (Wildman–Crippen LogP) is 3.05. The van der Waals surface area contributed by atoms with E-state index >= 15 is 0 Å². The van der Waals surface area contributed by atoms with Gasteiger partial charge in [-0.25, -0.2) is 0 Å². The van der Waals surface area contributed by atoms with Gasteiger partial charge in [-0.1, -0.05) is 26.3 Å². The normalized spacial score (nSPS) is 26.7. The van der Waals surface area contributed by atoms with E-state index < -0.39 is 0 Å². The van der Waals surface area contributed by atoms with Crippen LogP contribution in [0.3, 0.4) is 0 Å². The van der Waals surface area contributed by atoms with Crippen LogP contribution in [0.4, 0.5) is 0 Å². The lowest BCUT2D eigenvalue weighted by atomic mass is 9.77. The van der Waals surface area contributed by atoms with Gasteiger partial charge in [-0.05, 0) is 56.2 Å². The lowest BCUT2D eigenvalue weighted by Gasteiger charge is -2.30. The second-order valence-corrected chi connectivity index (χ2v) is 7.26. The van der Waals surface area contributed by atoms with Crippen molar-refractivity contribution in [2.75, 3.05) is 32.7 Å². The van der Waals surface area contributed by atoms with Crippen molar-refractivity contribution in [1.29, 1.82) is 0 Å². The zero-order chi connectivity index (χ0) is 13.2. The summed E-state index contributed by atoms with van der Waals surface area (Å²) in [4.78, 5) is 2.67. The minimum Gasteiger partial charge on any atom is -0.309 e. The van der Waals surface area contributed by atoms with Crippen LogP contribution in [-0.2, 0) is 0 Å². The molecule has 2 aliphatic heterocycles. The van der Waals surface area contributed by atoms with Crippen molar-refractivity contribution in [2.24, 2.45) is 11.3 Å². The monoisotopic (exact) mass is 250 g/mol. The summed E-state index contributed by atoms with van der Waals surface area (Å²) in [6, 6.07) is 0. The Balaban J connectivity index is 1.85. The van der Waals surface area contributed by atoms with Crippen molar-refractivity contribution in [1.82, 2.24) is 10.2 Å². The van der Waals surface area contributed by atoms with Gasteiger partial charge in [0.2, 0.25) is 0 Å². The number of hydrogen-bond acceptors (Lipinski definition) is 2.